The van der Waals surface area contributed by atoms with Crippen LogP contribution >= 0.6 is 0 Å². The van der Waals surface area contributed by atoms with E-state index in [1.54, 1.807) is 18.0 Å². The first-order valence-corrected chi connectivity index (χ1v) is 8.72. The van der Waals surface area contributed by atoms with E-state index < -0.39 is 24.5 Å². The maximum Gasteiger partial charge on any atom is 0.167 e. The second-order valence-electron chi connectivity index (χ2n) is 6.34. The van der Waals surface area contributed by atoms with Crippen LogP contribution in [0.15, 0.2) is 36.9 Å². The number of benzene rings is 1. The first kappa shape index (κ1) is 18.6. The number of hydrogen-bond donors (Lipinski definition) is 3. The van der Waals surface area contributed by atoms with E-state index in [1.165, 1.54) is 13.4 Å². The maximum atomic E-state index is 10.3. The highest BCUT2D eigenvalue weighted by atomic mass is 16.6. The number of nitrogens with zero attached hydrogens (tertiary/aromatic N) is 4. The second-order valence-corrected chi connectivity index (χ2v) is 6.34. The molecule has 1 aromatic carbocycles. The molecule has 3 N–H and O–H groups in total. The Bertz CT molecular complexity index is 947. The number of methoxy groups -OCH3 is 2. The second kappa shape index (κ2) is 7.68. The van der Waals surface area contributed by atoms with E-state index in [2.05, 4.69) is 20.3 Å². The molecule has 0 spiro atoms. The highest BCUT2D eigenvalue weighted by Gasteiger charge is 2.45. The minimum absolute atomic E-state index is 0.316. The number of hydrogen-bond acceptors (Lipinski definition) is 9. The van der Waals surface area contributed by atoms with Gasteiger partial charge >= 0.3 is 0 Å². The van der Waals surface area contributed by atoms with E-state index in [0.29, 0.717) is 17.0 Å². The summed E-state index contributed by atoms with van der Waals surface area (Å²) in [5, 5.41) is 22.9. The van der Waals surface area contributed by atoms with E-state index in [1.807, 2.05) is 24.3 Å². The minimum atomic E-state index is -0.962. The van der Waals surface area contributed by atoms with Crippen LogP contribution in [0.3, 0.4) is 0 Å². The molecule has 1 aliphatic heterocycles. The van der Waals surface area contributed by atoms with Gasteiger partial charge in [0.1, 0.15) is 30.4 Å². The molecule has 1 saturated heterocycles. The van der Waals surface area contributed by atoms with Crippen molar-refractivity contribution in [2.75, 3.05) is 26.1 Å². The predicted molar refractivity (Wildman–Crippen MR) is 99.4 cm³/mol. The fraction of sp³-hybridized carbons (Fsp3) is 0.389. The van der Waals surface area contributed by atoms with E-state index in [4.69, 9.17) is 14.2 Å². The third kappa shape index (κ3) is 3.16. The predicted octanol–water partition coefficient (Wildman–Crippen LogP) is 0.844. The summed E-state index contributed by atoms with van der Waals surface area (Å²) in [6, 6.07) is 7.41. The Kier molecular flexibility index (Phi) is 5.09. The normalized spacial score (nSPS) is 24.6. The molecule has 0 bridgehead atoms. The Hall–Kier alpha value is -2.79. The molecule has 0 aliphatic carbocycles. The van der Waals surface area contributed by atoms with Crippen LogP contribution in [0.2, 0.25) is 0 Å². The van der Waals surface area contributed by atoms with Crippen molar-refractivity contribution in [1.82, 2.24) is 19.5 Å². The van der Waals surface area contributed by atoms with Gasteiger partial charge in [0, 0.05) is 12.8 Å². The van der Waals surface area contributed by atoms with Crippen LogP contribution in [0.5, 0.6) is 5.75 Å². The summed E-state index contributed by atoms with van der Waals surface area (Å²) in [6.07, 6.45) is -0.0687. The topological polar surface area (TPSA) is 124 Å². The summed E-state index contributed by atoms with van der Waals surface area (Å²) in [5.74, 6) is 1.28. The number of anilines is 2. The van der Waals surface area contributed by atoms with Gasteiger partial charge in [-0.1, -0.05) is 0 Å². The van der Waals surface area contributed by atoms with E-state index >= 15 is 0 Å². The molecule has 2 unspecified atom stereocenters. The Balaban J connectivity index is 1.66. The van der Waals surface area contributed by atoms with E-state index in [0.717, 1.165) is 11.4 Å². The molecule has 3 aromatic rings. The molecule has 0 amide bonds. The van der Waals surface area contributed by atoms with Gasteiger partial charge in [-0.05, 0) is 24.3 Å². The number of imidazole rings is 1. The van der Waals surface area contributed by atoms with Gasteiger partial charge in [0.15, 0.2) is 23.2 Å². The van der Waals surface area contributed by atoms with Crippen LogP contribution in [0.1, 0.15) is 6.23 Å². The Labute approximate surface area is 160 Å². The maximum absolute atomic E-state index is 10.3. The van der Waals surface area contributed by atoms with Crippen molar-refractivity contribution in [3.8, 4) is 5.75 Å². The Morgan fingerprint density at radius 3 is 2.64 bits per heavy atom. The van der Waals surface area contributed by atoms with Gasteiger partial charge in [-0.2, -0.15) is 0 Å². The summed E-state index contributed by atoms with van der Waals surface area (Å²) in [5.41, 5.74) is 1.88. The van der Waals surface area contributed by atoms with Crippen LogP contribution in [-0.4, -0.2) is 68.9 Å². The molecular formula is C18H21N5O5. The van der Waals surface area contributed by atoms with E-state index in [9.17, 15) is 10.2 Å². The van der Waals surface area contributed by atoms with Crippen molar-refractivity contribution in [3.63, 3.8) is 0 Å². The molecule has 0 radical (unpaired) electrons. The summed E-state index contributed by atoms with van der Waals surface area (Å²) >= 11 is 0. The Morgan fingerprint density at radius 2 is 1.96 bits per heavy atom. The molecule has 10 nitrogen and oxygen atoms in total. The molecule has 0 saturated carbocycles. The third-order valence-electron chi connectivity index (χ3n) is 4.75. The van der Waals surface area contributed by atoms with Crippen molar-refractivity contribution in [2.45, 2.75) is 24.5 Å². The third-order valence-corrected chi connectivity index (χ3v) is 4.75. The molecule has 4 rings (SSSR count). The number of aromatic nitrogens is 4. The average Bonchev–Trinajstić information content (AvgIpc) is 3.29. The number of nitrogens with one attached hydrogen (secondary N) is 1. The van der Waals surface area contributed by atoms with Gasteiger partial charge in [-0.15, -0.1) is 0 Å². The highest BCUT2D eigenvalue weighted by molar-refractivity contribution is 5.85. The zero-order valence-corrected chi connectivity index (χ0v) is 15.4. The molecule has 10 heteroatoms. The number of ether oxygens (including phenoxy) is 3. The number of rotatable bonds is 6. The smallest absolute Gasteiger partial charge is 0.167 e. The minimum Gasteiger partial charge on any atom is -0.497 e. The molecule has 2 aromatic heterocycles. The van der Waals surface area contributed by atoms with Crippen LogP contribution in [0.4, 0.5) is 11.5 Å². The highest BCUT2D eigenvalue weighted by Crippen LogP contribution is 2.34. The molecule has 28 heavy (non-hydrogen) atoms. The van der Waals surface area contributed by atoms with Crippen LogP contribution in [0.25, 0.3) is 11.2 Å². The number of fused-ring (bicyclic) bond motifs is 1. The van der Waals surface area contributed by atoms with Crippen molar-refractivity contribution >= 4 is 22.7 Å². The fourth-order valence-corrected chi connectivity index (χ4v) is 3.29. The largest absolute Gasteiger partial charge is 0.497 e. The lowest BCUT2D eigenvalue weighted by atomic mass is 10.1. The standard InChI is InChI=1S/C18H21N5O5/c1-26-11-5-3-10(4-6-11)22-16-13-17(20-8-19-16)23(9-21-13)18-15(27-2)14(25)12(7-24)28-18/h3-6,8-9,12,14-15,18,24-25H,7H2,1-2H3,(H,19,20,22)/t12-,14?,15?,18-/m1/s1. The zero-order chi connectivity index (χ0) is 19.7. The van der Waals surface area contributed by atoms with E-state index in [-0.39, 0.29) is 6.61 Å². The Morgan fingerprint density at radius 1 is 1.18 bits per heavy atom. The van der Waals surface area contributed by atoms with Gasteiger partial charge in [-0.3, -0.25) is 4.57 Å². The molecule has 4 atom stereocenters. The van der Waals surface area contributed by atoms with Gasteiger partial charge in [0.2, 0.25) is 0 Å². The molecular weight excluding hydrogens is 366 g/mol. The number of aliphatic hydroxyl groups is 2. The lowest BCUT2D eigenvalue weighted by molar-refractivity contribution is -0.0583. The van der Waals surface area contributed by atoms with Gasteiger partial charge in [0.25, 0.3) is 0 Å². The fourth-order valence-electron chi connectivity index (χ4n) is 3.29. The van der Waals surface area contributed by atoms with Crippen molar-refractivity contribution in [2.24, 2.45) is 0 Å². The van der Waals surface area contributed by atoms with Crippen molar-refractivity contribution < 1.29 is 24.4 Å². The first-order valence-electron chi connectivity index (χ1n) is 8.72. The van der Waals surface area contributed by atoms with Gasteiger partial charge in [0.05, 0.1) is 20.0 Å². The summed E-state index contributed by atoms with van der Waals surface area (Å²) in [7, 11) is 3.09. The van der Waals surface area contributed by atoms with Gasteiger partial charge in [-0.25, -0.2) is 15.0 Å². The number of aliphatic hydroxyl groups excluding tert-OH is 2. The SMILES string of the molecule is COc1ccc(Nc2ncnc3c2ncn3[C@@H]2O[C@H](CO)C(O)C2OC)cc1. The monoisotopic (exact) mass is 387 g/mol. The average molecular weight is 387 g/mol. The van der Waals surface area contributed by atoms with Gasteiger partial charge < -0.3 is 29.7 Å². The quantitative estimate of drug-likeness (QED) is 0.564. The molecule has 1 fully saturated rings. The van der Waals surface area contributed by atoms with Crippen LogP contribution in [-0.2, 0) is 9.47 Å². The molecule has 148 valence electrons. The summed E-state index contributed by atoms with van der Waals surface area (Å²) < 4.78 is 18.0. The van der Waals surface area contributed by atoms with Crippen molar-refractivity contribution in [1.29, 1.82) is 0 Å². The first-order chi connectivity index (χ1) is 13.7. The molecule has 3 heterocycles. The lowest BCUT2D eigenvalue weighted by Gasteiger charge is -2.19. The lowest BCUT2D eigenvalue weighted by Crippen LogP contribution is -2.34. The zero-order valence-electron chi connectivity index (χ0n) is 15.4. The molecule has 1 aliphatic rings. The van der Waals surface area contributed by atoms with Crippen LogP contribution < -0.4 is 10.1 Å². The summed E-state index contributed by atoms with van der Waals surface area (Å²) in [4.78, 5) is 13.0. The van der Waals surface area contributed by atoms with Crippen LogP contribution in [0, 0.1) is 0 Å². The summed E-state index contributed by atoms with van der Waals surface area (Å²) in [6.45, 7) is -0.316. The van der Waals surface area contributed by atoms with Crippen molar-refractivity contribution in [3.05, 3.63) is 36.9 Å².